The quantitative estimate of drug-likeness (QED) is 0.362. The summed E-state index contributed by atoms with van der Waals surface area (Å²) < 4.78 is 12.8. The Kier molecular flexibility index (Phi) is 6.37. The number of nitrogens with zero attached hydrogens (tertiary/aromatic N) is 3. The van der Waals surface area contributed by atoms with Gasteiger partial charge in [0.1, 0.15) is 0 Å². The molecule has 3 heterocycles. The molecule has 0 fully saturated rings. The number of aryl methyl sites for hydroxylation is 2. The SMILES string of the molecule is CCOc1ccc(NC(=O)c2cc(-c3cc(C)sc3C)nc3c2cnn3C(C)C)cc1OC. The van der Waals surface area contributed by atoms with Crippen LogP contribution in [-0.4, -0.2) is 34.4 Å². The van der Waals surface area contributed by atoms with E-state index in [0.29, 0.717) is 40.4 Å². The summed E-state index contributed by atoms with van der Waals surface area (Å²) in [5.41, 5.74) is 3.64. The van der Waals surface area contributed by atoms with E-state index in [2.05, 4.69) is 30.3 Å². The summed E-state index contributed by atoms with van der Waals surface area (Å²) in [6, 6.07) is 9.43. The Hall–Kier alpha value is -3.39. The van der Waals surface area contributed by atoms with Gasteiger partial charge in [-0.25, -0.2) is 9.67 Å². The van der Waals surface area contributed by atoms with Crippen molar-refractivity contribution in [3.05, 3.63) is 51.8 Å². The zero-order valence-corrected chi connectivity index (χ0v) is 20.5. The lowest BCUT2D eigenvalue weighted by Gasteiger charge is -2.13. The van der Waals surface area contributed by atoms with Gasteiger partial charge in [-0.3, -0.25) is 4.79 Å². The van der Waals surface area contributed by atoms with Gasteiger partial charge in [-0.05, 0) is 58.9 Å². The molecule has 4 rings (SSSR count). The summed E-state index contributed by atoms with van der Waals surface area (Å²) in [7, 11) is 1.58. The van der Waals surface area contributed by atoms with Gasteiger partial charge in [-0.15, -0.1) is 11.3 Å². The molecule has 0 radical (unpaired) electrons. The first kappa shape index (κ1) is 22.8. The largest absolute Gasteiger partial charge is 0.493 e. The number of thiophene rings is 1. The minimum atomic E-state index is -0.234. The normalized spacial score (nSPS) is 11.2. The van der Waals surface area contributed by atoms with E-state index >= 15 is 0 Å². The number of hydrogen-bond donors (Lipinski definition) is 1. The molecule has 0 atom stereocenters. The van der Waals surface area contributed by atoms with Crippen LogP contribution in [0.3, 0.4) is 0 Å². The van der Waals surface area contributed by atoms with E-state index in [-0.39, 0.29) is 11.9 Å². The highest BCUT2D eigenvalue weighted by atomic mass is 32.1. The third-order valence-electron chi connectivity index (χ3n) is 5.34. The summed E-state index contributed by atoms with van der Waals surface area (Å²) >= 11 is 1.72. The van der Waals surface area contributed by atoms with Crippen LogP contribution >= 0.6 is 11.3 Å². The van der Waals surface area contributed by atoms with Crippen LogP contribution in [0.4, 0.5) is 5.69 Å². The van der Waals surface area contributed by atoms with Gasteiger partial charge in [0.05, 0.1) is 36.6 Å². The molecule has 0 aliphatic carbocycles. The second kappa shape index (κ2) is 9.23. The van der Waals surface area contributed by atoms with Gasteiger partial charge in [0.15, 0.2) is 17.1 Å². The first-order valence-electron chi connectivity index (χ1n) is 10.9. The van der Waals surface area contributed by atoms with Crippen molar-refractivity contribution >= 4 is 34.0 Å². The third-order valence-corrected chi connectivity index (χ3v) is 6.30. The summed E-state index contributed by atoms with van der Waals surface area (Å²) in [5, 5.41) is 8.22. The lowest BCUT2D eigenvalue weighted by Crippen LogP contribution is -2.13. The summed E-state index contributed by atoms with van der Waals surface area (Å²) in [5.74, 6) is 0.961. The van der Waals surface area contributed by atoms with Crippen molar-refractivity contribution in [3.63, 3.8) is 0 Å². The molecule has 0 saturated heterocycles. The average Bonchev–Trinajstić information content (AvgIpc) is 3.36. The molecule has 7 nitrogen and oxygen atoms in total. The predicted molar refractivity (Wildman–Crippen MR) is 133 cm³/mol. The number of nitrogens with one attached hydrogen (secondary N) is 1. The molecule has 0 aliphatic heterocycles. The second-order valence-electron chi connectivity index (χ2n) is 8.05. The van der Waals surface area contributed by atoms with E-state index in [1.807, 2.05) is 31.5 Å². The average molecular weight is 465 g/mol. The van der Waals surface area contributed by atoms with Crippen molar-refractivity contribution in [1.29, 1.82) is 0 Å². The van der Waals surface area contributed by atoms with E-state index in [1.165, 1.54) is 4.88 Å². The molecular formula is C25H28N4O3S. The van der Waals surface area contributed by atoms with Crippen LogP contribution in [0.1, 0.15) is 46.9 Å². The fraction of sp³-hybridized carbons (Fsp3) is 0.320. The number of carbonyl (C=O) groups is 1. The summed E-state index contributed by atoms with van der Waals surface area (Å²) in [4.78, 5) is 20.7. The first-order chi connectivity index (χ1) is 15.8. The van der Waals surface area contributed by atoms with Crippen molar-refractivity contribution in [3.8, 4) is 22.8 Å². The van der Waals surface area contributed by atoms with Crippen LogP contribution in [0.25, 0.3) is 22.3 Å². The van der Waals surface area contributed by atoms with E-state index in [0.717, 1.165) is 16.1 Å². The van der Waals surface area contributed by atoms with Gasteiger partial charge in [0, 0.05) is 33.1 Å². The highest BCUT2D eigenvalue weighted by Gasteiger charge is 2.20. The van der Waals surface area contributed by atoms with Gasteiger partial charge < -0.3 is 14.8 Å². The molecule has 4 aromatic rings. The van der Waals surface area contributed by atoms with Crippen LogP contribution < -0.4 is 14.8 Å². The Labute approximate surface area is 197 Å². The van der Waals surface area contributed by atoms with Crippen molar-refractivity contribution in [2.24, 2.45) is 0 Å². The van der Waals surface area contributed by atoms with Crippen molar-refractivity contribution < 1.29 is 14.3 Å². The van der Waals surface area contributed by atoms with Crippen molar-refractivity contribution in [2.75, 3.05) is 19.0 Å². The third kappa shape index (κ3) is 4.43. The van der Waals surface area contributed by atoms with Crippen molar-refractivity contribution in [1.82, 2.24) is 14.8 Å². The molecule has 0 aliphatic rings. The molecule has 0 saturated carbocycles. The number of amides is 1. The molecule has 33 heavy (non-hydrogen) atoms. The number of ether oxygens (including phenoxy) is 2. The van der Waals surface area contributed by atoms with Crippen LogP contribution in [-0.2, 0) is 0 Å². The minimum absolute atomic E-state index is 0.113. The monoisotopic (exact) mass is 464 g/mol. The second-order valence-corrected chi connectivity index (χ2v) is 9.52. The van der Waals surface area contributed by atoms with Gasteiger partial charge in [0.25, 0.3) is 5.91 Å². The fourth-order valence-electron chi connectivity index (χ4n) is 3.83. The maximum Gasteiger partial charge on any atom is 0.256 e. The lowest BCUT2D eigenvalue weighted by molar-refractivity contribution is 0.102. The molecule has 8 heteroatoms. The Morgan fingerprint density at radius 2 is 1.97 bits per heavy atom. The van der Waals surface area contributed by atoms with Crippen LogP contribution in [0, 0.1) is 13.8 Å². The smallest absolute Gasteiger partial charge is 0.256 e. The number of anilines is 1. The van der Waals surface area contributed by atoms with E-state index in [4.69, 9.17) is 14.5 Å². The molecule has 3 aromatic heterocycles. The maximum atomic E-state index is 13.4. The van der Waals surface area contributed by atoms with E-state index in [1.54, 1.807) is 42.8 Å². The van der Waals surface area contributed by atoms with Gasteiger partial charge in [-0.2, -0.15) is 5.10 Å². The Bertz CT molecular complexity index is 1320. The molecule has 0 unspecified atom stereocenters. The number of rotatable bonds is 7. The van der Waals surface area contributed by atoms with Crippen LogP contribution in [0.2, 0.25) is 0 Å². The number of carbonyl (C=O) groups excluding carboxylic acids is 1. The summed E-state index contributed by atoms with van der Waals surface area (Å²) in [6.45, 7) is 10.7. The number of pyridine rings is 1. The maximum absolute atomic E-state index is 13.4. The number of benzene rings is 1. The zero-order valence-electron chi connectivity index (χ0n) is 19.7. The van der Waals surface area contributed by atoms with Crippen LogP contribution in [0.15, 0.2) is 36.5 Å². The topological polar surface area (TPSA) is 78.3 Å². The molecule has 172 valence electrons. The van der Waals surface area contributed by atoms with Gasteiger partial charge in [-0.1, -0.05) is 0 Å². The fourth-order valence-corrected chi connectivity index (χ4v) is 4.76. The summed E-state index contributed by atoms with van der Waals surface area (Å²) in [6.07, 6.45) is 1.71. The Morgan fingerprint density at radius 1 is 1.18 bits per heavy atom. The minimum Gasteiger partial charge on any atom is -0.493 e. The zero-order chi connectivity index (χ0) is 23.7. The predicted octanol–water partition coefficient (Wildman–Crippen LogP) is 6.02. The number of fused-ring (bicyclic) bond motifs is 1. The molecule has 1 aromatic carbocycles. The van der Waals surface area contributed by atoms with Gasteiger partial charge >= 0.3 is 0 Å². The number of aromatic nitrogens is 3. The Balaban J connectivity index is 1.79. The lowest BCUT2D eigenvalue weighted by atomic mass is 10.1. The van der Waals surface area contributed by atoms with Crippen LogP contribution in [0.5, 0.6) is 11.5 Å². The van der Waals surface area contributed by atoms with Gasteiger partial charge in [0.2, 0.25) is 0 Å². The Morgan fingerprint density at radius 3 is 2.61 bits per heavy atom. The highest BCUT2D eigenvalue weighted by Crippen LogP contribution is 2.34. The number of methoxy groups -OCH3 is 1. The van der Waals surface area contributed by atoms with E-state index < -0.39 is 0 Å². The first-order valence-corrected chi connectivity index (χ1v) is 11.7. The molecule has 0 bridgehead atoms. The van der Waals surface area contributed by atoms with Crippen molar-refractivity contribution in [2.45, 2.75) is 40.7 Å². The number of hydrogen-bond acceptors (Lipinski definition) is 6. The molecule has 1 amide bonds. The molecule has 0 spiro atoms. The van der Waals surface area contributed by atoms with E-state index in [9.17, 15) is 4.79 Å². The molecular weight excluding hydrogens is 436 g/mol. The molecule has 1 N–H and O–H groups in total. The standard InChI is InChI=1S/C25H28N4O3S/c1-7-32-22-9-8-17(11-23(22)31-6)27-25(30)19-12-21(18-10-15(4)33-16(18)5)28-24-20(19)13-26-29(24)14(2)3/h8-14H,7H2,1-6H3,(H,27,30). The highest BCUT2D eigenvalue weighted by molar-refractivity contribution is 7.12.